The van der Waals surface area contributed by atoms with Gasteiger partial charge in [0.15, 0.2) is 0 Å². The van der Waals surface area contributed by atoms with Crippen molar-refractivity contribution in [1.82, 2.24) is 10.6 Å². The van der Waals surface area contributed by atoms with Gasteiger partial charge in [-0.15, -0.1) is 0 Å². The van der Waals surface area contributed by atoms with Crippen LogP contribution >= 0.6 is 15.9 Å². The lowest BCUT2D eigenvalue weighted by Gasteiger charge is -2.22. The molecule has 1 aliphatic heterocycles. The molecule has 2 rings (SSSR count). The summed E-state index contributed by atoms with van der Waals surface area (Å²) in [5.41, 5.74) is 1.73. The Bertz CT molecular complexity index is 530. The van der Waals surface area contributed by atoms with E-state index in [1.807, 2.05) is 19.1 Å². The lowest BCUT2D eigenvalue weighted by atomic mass is 10.2. The second kappa shape index (κ2) is 7.53. The first-order valence-electron chi connectivity index (χ1n) is 6.71. The Morgan fingerprint density at radius 2 is 2.29 bits per heavy atom. The van der Waals surface area contributed by atoms with Crippen LogP contribution in [0, 0.1) is 6.92 Å². The van der Waals surface area contributed by atoms with Crippen molar-refractivity contribution in [2.75, 3.05) is 31.6 Å². The topological polar surface area (TPSA) is 79.5 Å². The molecule has 3 N–H and O–H groups in total. The second-order valence-corrected chi connectivity index (χ2v) is 5.67. The minimum atomic E-state index is -0.388. The molecule has 1 unspecified atom stereocenters. The number of anilines is 1. The normalized spacial score (nSPS) is 18.1. The van der Waals surface area contributed by atoms with E-state index >= 15 is 0 Å². The SMILES string of the molecule is Cc1cc(NC(=O)CNC(=O)C2COCCN2)ccc1Br. The summed E-state index contributed by atoms with van der Waals surface area (Å²) in [6, 6.07) is 5.14. The zero-order chi connectivity index (χ0) is 15.2. The van der Waals surface area contributed by atoms with Crippen molar-refractivity contribution in [3.8, 4) is 0 Å². The lowest BCUT2D eigenvalue weighted by molar-refractivity contribution is -0.128. The molecule has 7 heteroatoms. The first-order chi connectivity index (χ1) is 10.1. The first kappa shape index (κ1) is 15.9. The smallest absolute Gasteiger partial charge is 0.243 e. The fourth-order valence-electron chi connectivity index (χ4n) is 1.95. The number of carbonyl (C=O) groups is 2. The van der Waals surface area contributed by atoms with E-state index < -0.39 is 0 Å². The zero-order valence-electron chi connectivity index (χ0n) is 11.7. The van der Waals surface area contributed by atoms with Gasteiger partial charge in [-0.05, 0) is 30.7 Å². The molecule has 1 heterocycles. The highest BCUT2D eigenvalue weighted by atomic mass is 79.9. The second-order valence-electron chi connectivity index (χ2n) is 4.81. The predicted molar refractivity (Wildman–Crippen MR) is 83.1 cm³/mol. The van der Waals surface area contributed by atoms with Gasteiger partial charge in [0.1, 0.15) is 6.04 Å². The molecular weight excluding hydrogens is 338 g/mol. The van der Waals surface area contributed by atoms with Crippen molar-refractivity contribution in [3.63, 3.8) is 0 Å². The highest BCUT2D eigenvalue weighted by Crippen LogP contribution is 2.19. The molecule has 1 atom stereocenters. The average Bonchev–Trinajstić information content (AvgIpc) is 2.49. The van der Waals surface area contributed by atoms with Crippen LogP contribution in [0.2, 0.25) is 0 Å². The quantitative estimate of drug-likeness (QED) is 0.746. The molecule has 0 bridgehead atoms. The third-order valence-corrected chi connectivity index (χ3v) is 3.99. The summed E-state index contributed by atoms with van der Waals surface area (Å²) in [6.45, 7) is 3.46. The summed E-state index contributed by atoms with van der Waals surface area (Å²) in [7, 11) is 0. The lowest BCUT2D eigenvalue weighted by Crippen LogP contribution is -2.52. The van der Waals surface area contributed by atoms with E-state index in [4.69, 9.17) is 4.74 Å². The molecule has 1 saturated heterocycles. The van der Waals surface area contributed by atoms with Gasteiger partial charge in [0.2, 0.25) is 11.8 Å². The molecule has 114 valence electrons. The monoisotopic (exact) mass is 355 g/mol. The maximum Gasteiger partial charge on any atom is 0.243 e. The Morgan fingerprint density at radius 3 is 2.95 bits per heavy atom. The van der Waals surface area contributed by atoms with Crippen molar-refractivity contribution in [2.45, 2.75) is 13.0 Å². The van der Waals surface area contributed by atoms with Gasteiger partial charge in [-0.3, -0.25) is 9.59 Å². The van der Waals surface area contributed by atoms with Crippen molar-refractivity contribution in [1.29, 1.82) is 0 Å². The van der Waals surface area contributed by atoms with E-state index in [9.17, 15) is 9.59 Å². The number of aryl methyl sites for hydroxylation is 1. The number of ether oxygens (including phenoxy) is 1. The summed E-state index contributed by atoms with van der Waals surface area (Å²) in [6.07, 6.45) is 0. The predicted octanol–water partition coefficient (Wildman–Crippen LogP) is 0.801. The van der Waals surface area contributed by atoms with E-state index in [1.54, 1.807) is 6.07 Å². The van der Waals surface area contributed by atoms with E-state index in [1.165, 1.54) is 0 Å². The summed E-state index contributed by atoms with van der Waals surface area (Å²) in [5.74, 6) is -0.487. The molecule has 0 saturated carbocycles. The van der Waals surface area contributed by atoms with Crippen LogP contribution in [0.1, 0.15) is 5.56 Å². The maximum absolute atomic E-state index is 11.8. The van der Waals surface area contributed by atoms with Crippen LogP contribution in [0.5, 0.6) is 0 Å². The number of halogens is 1. The Kier molecular flexibility index (Phi) is 5.72. The first-order valence-corrected chi connectivity index (χ1v) is 7.50. The molecule has 0 radical (unpaired) electrons. The van der Waals surface area contributed by atoms with Crippen molar-refractivity contribution >= 4 is 33.4 Å². The summed E-state index contributed by atoms with van der Waals surface area (Å²) >= 11 is 3.40. The molecule has 0 aliphatic carbocycles. The number of benzene rings is 1. The molecule has 1 aliphatic rings. The van der Waals surface area contributed by atoms with Gasteiger partial charge in [-0.1, -0.05) is 15.9 Å². The summed E-state index contributed by atoms with van der Waals surface area (Å²) in [5, 5.41) is 8.37. The zero-order valence-corrected chi connectivity index (χ0v) is 13.3. The number of hydrogen-bond acceptors (Lipinski definition) is 4. The molecule has 6 nitrogen and oxygen atoms in total. The molecular formula is C14H18BrN3O3. The summed E-state index contributed by atoms with van der Waals surface area (Å²) in [4.78, 5) is 23.6. The molecule has 1 aromatic carbocycles. The third-order valence-electron chi connectivity index (χ3n) is 3.10. The van der Waals surface area contributed by atoms with Crippen LogP contribution in [0.15, 0.2) is 22.7 Å². The van der Waals surface area contributed by atoms with E-state index in [0.29, 0.717) is 25.4 Å². The number of amides is 2. The Labute approximate surface area is 131 Å². The fraction of sp³-hybridized carbons (Fsp3) is 0.429. The highest BCUT2D eigenvalue weighted by Gasteiger charge is 2.21. The van der Waals surface area contributed by atoms with Crippen LogP contribution in [0.25, 0.3) is 0 Å². The van der Waals surface area contributed by atoms with E-state index in [2.05, 4.69) is 31.9 Å². The van der Waals surface area contributed by atoms with Gasteiger partial charge >= 0.3 is 0 Å². The average molecular weight is 356 g/mol. The molecule has 21 heavy (non-hydrogen) atoms. The van der Waals surface area contributed by atoms with Crippen LogP contribution in [-0.2, 0) is 14.3 Å². The minimum Gasteiger partial charge on any atom is -0.378 e. The molecule has 1 fully saturated rings. The molecule has 0 aromatic heterocycles. The largest absolute Gasteiger partial charge is 0.378 e. The van der Waals surface area contributed by atoms with Gasteiger partial charge < -0.3 is 20.7 Å². The third kappa shape index (κ3) is 4.80. The molecule has 2 amide bonds. The van der Waals surface area contributed by atoms with Gasteiger partial charge in [-0.25, -0.2) is 0 Å². The Balaban J connectivity index is 1.78. The number of carbonyl (C=O) groups excluding carboxylic acids is 2. The van der Waals surface area contributed by atoms with Gasteiger partial charge in [0.05, 0.1) is 19.8 Å². The van der Waals surface area contributed by atoms with Gasteiger partial charge in [0, 0.05) is 16.7 Å². The van der Waals surface area contributed by atoms with Crippen LogP contribution in [0.4, 0.5) is 5.69 Å². The van der Waals surface area contributed by atoms with Crippen LogP contribution in [-0.4, -0.2) is 44.2 Å². The molecule has 0 spiro atoms. The van der Waals surface area contributed by atoms with Crippen molar-refractivity contribution < 1.29 is 14.3 Å². The van der Waals surface area contributed by atoms with Gasteiger partial charge in [-0.2, -0.15) is 0 Å². The molecule has 1 aromatic rings. The Hall–Kier alpha value is -1.44. The van der Waals surface area contributed by atoms with Crippen LogP contribution in [0.3, 0.4) is 0 Å². The number of rotatable bonds is 4. The van der Waals surface area contributed by atoms with E-state index in [0.717, 1.165) is 10.0 Å². The number of nitrogens with one attached hydrogen (secondary N) is 3. The standard InChI is InChI=1S/C14H18BrN3O3/c1-9-6-10(2-3-11(9)15)18-13(19)7-17-14(20)12-8-21-5-4-16-12/h2-3,6,12,16H,4-5,7-8H2,1H3,(H,17,20)(H,18,19). The van der Waals surface area contributed by atoms with Crippen molar-refractivity contribution in [3.05, 3.63) is 28.2 Å². The Morgan fingerprint density at radius 1 is 1.48 bits per heavy atom. The number of hydrogen-bond donors (Lipinski definition) is 3. The van der Waals surface area contributed by atoms with Crippen LogP contribution < -0.4 is 16.0 Å². The van der Waals surface area contributed by atoms with E-state index in [-0.39, 0.29) is 24.4 Å². The fourth-order valence-corrected chi connectivity index (χ4v) is 2.20. The minimum absolute atomic E-state index is 0.0634. The maximum atomic E-state index is 11.8. The summed E-state index contributed by atoms with van der Waals surface area (Å²) < 4.78 is 6.19. The highest BCUT2D eigenvalue weighted by molar-refractivity contribution is 9.10. The van der Waals surface area contributed by atoms with Gasteiger partial charge in [0.25, 0.3) is 0 Å². The number of morpholine rings is 1. The van der Waals surface area contributed by atoms with Crippen molar-refractivity contribution in [2.24, 2.45) is 0 Å².